The fraction of sp³-hybridized carbons (Fsp3) is 0.533. The maximum absolute atomic E-state index is 12.4. The van der Waals surface area contributed by atoms with Gasteiger partial charge in [-0.2, -0.15) is 0 Å². The number of methoxy groups -OCH3 is 1. The van der Waals surface area contributed by atoms with E-state index in [2.05, 4.69) is 5.32 Å². The number of benzene rings is 1. The van der Waals surface area contributed by atoms with Crippen molar-refractivity contribution in [2.45, 2.75) is 6.04 Å². The summed E-state index contributed by atoms with van der Waals surface area (Å²) in [5.74, 6) is -0.593. The molecule has 0 saturated carbocycles. The standard InChI is InChI=1S/C15H22N2O6S/c1-17(2)24(20,21)9-11-7-23-8-14(11)16-15(19)10-4-12(18)6-13(5-10)22-3/h4-6,11,14,18H,7-9H2,1-3H3,(H,16,19). The van der Waals surface area contributed by atoms with E-state index < -0.39 is 22.0 Å². The third kappa shape index (κ3) is 4.37. The summed E-state index contributed by atoms with van der Waals surface area (Å²) in [6.45, 7) is 0.511. The van der Waals surface area contributed by atoms with Crippen molar-refractivity contribution in [2.24, 2.45) is 5.92 Å². The largest absolute Gasteiger partial charge is 0.508 e. The van der Waals surface area contributed by atoms with Crippen molar-refractivity contribution in [3.05, 3.63) is 23.8 Å². The predicted octanol–water partition coefficient (Wildman–Crippen LogP) is 0.0370. The molecule has 2 atom stereocenters. The Morgan fingerprint density at radius 3 is 2.71 bits per heavy atom. The number of carbonyl (C=O) groups excluding carboxylic acids is 1. The van der Waals surface area contributed by atoms with Gasteiger partial charge in [0.05, 0.1) is 32.1 Å². The van der Waals surface area contributed by atoms with Crippen LogP contribution in [0.1, 0.15) is 10.4 Å². The zero-order chi connectivity index (χ0) is 17.9. The third-order valence-electron chi connectivity index (χ3n) is 3.89. The number of rotatable bonds is 6. The molecule has 1 aliphatic rings. The average molecular weight is 358 g/mol. The average Bonchev–Trinajstić information content (AvgIpc) is 2.92. The van der Waals surface area contributed by atoms with E-state index in [1.165, 1.54) is 39.4 Å². The van der Waals surface area contributed by atoms with Crippen molar-refractivity contribution in [1.29, 1.82) is 0 Å². The number of sulfonamides is 1. The minimum Gasteiger partial charge on any atom is -0.508 e. The molecule has 1 aliphatic heterocycles. The Labute approximate surface area is 141 Å². The third-order valence-corrected chi connectivity index (χ3v) is 5.85. The van der Waals surface area contributed by atoms with Crippen molar-refractivity contribution in [1.82, 2.24) is 9.62 Å². The van der Waals surface area contributed by atoms with E-state index in [0.29, 0.717) is 5.75 Å². The zero-order valence-corrected chi connectivity index (χ0v) is 14.7. The highest BCUT2D eigenvalue weighted by Gasteiger charge is 2.34. The van der Waals surface area contributed by atoms with Crippen LogP contribution in [0, 0.1) is 5.92 Å². The number of nitrogens with zero attached hydrogens (tertiary/aromatic N) is 1. The fourth-order valence-corrected chi connectivity index (χ4v) is 3.59. The van der Waals surface area contributed by atoms with Crippen LogP contribution in [-0.2, 0) is 14.8 Å². The van der Waals surface area contributed by atoms with E-state index in [4.69, 9.17) is 9.47 Å². The maximum Gasteiger partial charge on any atom is 0.251 e. The van der Waals surface area contributed by atoms with Crippen molar-refractivity contribution in [2.75, 3.05) is 40.2 Å². The predicted molar refractivity (Wildman–Crippen MR) is 87.7 cm³/mol. The summed E-state index contributed by atoms with van der Waals surface area (Å²) < 4.78 is 35.6. The van der Waals surface area contributed by atoms with Gasteiger partial charge in [0.1, 0.15) is 11.5 Å². The molecule has 24 heavy (non-hydrogen) atoms. The minimum atomic E-state index is -3.39. The lowest BCUT2D eigenvalue weighted by molar-refractivity contribution is 0.0925. The van der Waals surface area contributed by atoms with Crippen molar-refractivity contribution in [3.8, 4) is 11.5 Å². The maximum atomic E-state index is 12.4. The van der Waals surface area contributed by atoms with Gasteiger partial charge in [-0.05, 0) is 12.1 Å². The molecule has 1 aromatic carbocycles. The Morgan fingerprint density at radius 1 is 1.38 bits per heavy atom. The van der Waals surface area contributed by atoms with Gasteiger partial charge in [0.25, 0.3) is 5.91 Å². The Hall–Kier alpha value is -1.84. The molecular weight excluding hydrogens is 336 g/mol. The normalized spacial score (nSPS) is 21.0. The lowest BCUT2D eigenvalue weighted by Crippen LogP contribution is -2.43. The molecule has 1 heterocycles. The second-order valence-electron chi connectivity index (χ2n) is 5.86. The van der Waals surface area contributed by atoms with Gasteiger partial charge in [-0.15, -0.1) is 0 Å². The number of amides is 1. The van der Waals surface area contributed by atoms with E-state index in [1.54, 1.807) is 0 Å². The van der Waals surface area contributed by atoms with E-state index in [-0.39, 0.29) is 36.2 Å². The first-order valence-electron chi connectivity index (χ1n) is 7.40. The first-order chi connectivity index (χ1) is 11.2. The number of hydrogen-bond donors (Lipinski definition) is 2. The molecule has 0 radical (unpaired) electrons. The van der Waals surface area contributed by atoms with Crippen LogP contribution >= 0.6 is 0 Å². The van der Waals surface area contributed by atoms with E-state index in [1.807, 2.05) is 0 Å². The van der Waals surface area contributed by atoms with E-state index >= 15 is 0 Å². The summed E-state index contributed by atoms with van der Waals surface area (Å²) in [6.07, 6.45) is 0. The lowest BCUT2D eigenvalue weighted by Gasteiger charge is -2.21. The van der Waals surface area contributed by atoms with Crippen LogP contribution in [0.2, 0.25) is 0 Å². The molecule has 0 spiro atoms. The van der Waals surface area contributed by atoms with Crippen LogP contribution < -0.4 is 10.1 Å². The smallest absolute Gasteiger partial charge is 0.251 e. The summed E-state index contributed by atoms with van der Waals surface area (Å²) in [4.78, 5) is 12.4. The molecule has 2 N–H and O–H groups in total. The molecular formula is C15H22N2O6S. The molecule has 1 aromatic rings. The Kier molecular flexibility index (Phi) is 5.68. The van der Waals surface area contributed by atoms with Crippen LogP contribution in [0.5, 0.6) is 11.5 Å². The second-order valence-corrected chi connectivity index (χ2v) is 8.09. The number of nitrogens with one attached hydrogen (secondary N) is 1. The van der Waals surface area contributed by atoms with Gasteiger partial charge >= 0.3 is 0 Å². The van der Waals surface area contributed by atoms with Gasteiger partial charge in [0.15, 0.2) is 0 Å². The first-order valence-corrected chi connectivity index (χ1v) is 9.00. The van der Waals surface area contributed by atoms with E-state index in [0.717, 1.165) is 4.31 Å². The fourth-order valence-electron chi connectivity index (χ4n) is 2.43. The van der Waals surface area contributed by atoms with Gasteiger partial charge in [0.2, 0.25) is 10.0 Å². The van der Waals surface area contributed by atoms with Crippen LogP contribution in [-0.4, -0.2) is 70.0 Å². The highest BCUT2D eigenvalue weighted by Crippen LogP contribution is 2.22. The number of phenols is 1. The molecule has 2 unspecified atom stereocenters. The molecule has 0 aromatic heterocycles. The highest BCUT2D eigenvalue weighted by atomic mass is 32.2. The topological polar surface area (TPSA) is 105 Å². The number of carbonyl (C=O) groups is 1. The second kappa shape index (κ2) is 7.37. The quantitative estimate of drug-likeness (QED) is 0.744. The zero-order valence-electron chi connectivity index (χ0n) is 13.9. The van der Waals surface area contributed by atoms with Crippen LogP contribution in [0.4, 0.5) is 0 Å². The Bertz CT molecular complexity index is 704. The number of aromatic hydroxyl groups is 1. The van der Waals surface area contributed by atoms with Crippen LogP contribution in [0.25, 0.3) is 0 Å². The lowest BCUT2D eigenvalue weighted by atomic mass is 10.1. The molecule has 9 heteroatoms. The van der Waals surface area contributed by atoms with Crippen molar-refractivity contribution < 1.29 is 27.8 Å². The van der Waals surface area contributed by atoms with Gasteiger partial charge in [-0.1, -0.05) is 0 Å². The minimum absolute atomic E-state index is 0.0890. The first kappa shape index (κ1) is 18.5. The molecule has 8 nitrogen and oxygen atoms in total. The molecule has 134 valence electrons. The number of phenolic OH excluding ortho intramolecular Hbond substituents is 1. The van der Waals surface area contributed by atoms with Gasteiger partial charge in [-0.25, -0.2) is 12.7 Å². The summed E-state index contributed by atoms with van der Waals surface area (Å²) in [5, 5.41) is 12.4. The van der Waals surface area contributed by atoms with Crippen molar-refractivity contribution in [3.63, 3.8) is 0 Å². The summed E-state index contributed by atoms with van der Waals surface area (Å²) in [6, 6.07) is 3.79. The molecule has 1 amide bonds. The molecule has 1 saturated heterocycles. The van der Waals surface area contributed by atoms with Gasteiger partial charge in [-0.3, -0.25) is 4.79 Å². The summed E-state index contributed by atoms with van der Waals surface area (Å²) in [5.41, 5.74) is 0.230. The van der Waals surface area contributed by atoms with E-state index in [9.17, 15) is 18.3 Å². The Morgan fingerprint density at radius 2 is 2.08 bits per heavy atom. The molecule has 1 fully saturated rings. The number of hydrogen-bond acceptors (Lipinski definition) is 6. The van der Waals surface area contributed by atoms with Gasteiger partial charge < -0.3 is 19.9 Å². The van der Waals surface area contributed by atoms with Crippen LogP contribution in [0.15, 0.2) is 18.2 Å². The monoisotopic (exact) mass is 358 g/mol. The highest BCUT2D eigenvalue weighted by molar-refractivity contribution is 7.89. The van der Waals surface area contributed by atoms with Crippen LogP contribution in [0.3, 0.4) is 0 Å². The summed E-state index contributed by atoms with van der Waals surface area (Å²) >= 11 is 0. The Balaban J connectivity index is 2.09. The molecule has 0 bridgehead atoms. The SMILES string of the molecule is COc1cc(O)cc(C(=O)NC2COCC2CS(=O)(=O)N(C)C)c1. The summed E-state index contributed by atoms with van der Waals surface area (Å²) in [7, 11) is 0.984. The molecule has 0 aliphatic carbocycles. The molecule has 2 rings (SSSR count). The van der Waals surface area contributed by atoms with Gasteiger partial charge in [0, 0.05) is 31.6 Å². The number of ether oxygens (including phenoxy) is 2. The van der Waals surface area contributed by atoms with Crippen molar-refractivity contribution >= 4 is 15.9 Å².